The second-order valence-electron chi connectivity index (χ2n) is 9.81. The smallest absolute Gasteiger partial charge is 0.304 e. The van der Waals surface area contributed by atoms with Crippen LogP contribution in [0.2, 0.25) is 5.02 Å². The van der Waals surface area contributed by atoms with Crippen LogP contribution in [-0.2, 0) is 32.8 Å². The van der Waals surface area contributed by atoms with Crippen molar-refractivity contribution in [3.05, 3.63) is 101 Å². The van der Waals surface area contributed by atoms with Crippen molar-refractivity contribution in [3.63, 3.8) is 0 Å². The van der Waals surface area contributed by atoms with E-state index in [2.05, 4.69) is 5.32 Å². The third-order valence-corrected chi connectivity index (χ3v) is 8.63. The lowest BCUT2D eigenvalue weighted by molar-refractivity contribution is -0.140. The van der Waals surface area contributed by atoms with Crippen molar-refractivity contribution >= 4 is 39.3 Å². The highest BCUT2D eigenvalue weighted by Gasteiger charge is 2.35. The molecule has 0 aliphatic carbocycles. The Hall–Kier alpha value is -3.40. The van der Waals surface area contributed by atoms with E-state index in [1.807, 2.05) is 50.2 Å². The van der Waals surface area contributed by atoms with Crippen LogP contribution in [0.1, 0.15) is 31.4 Å². The minimum absolute atomic E-state index is 0.0649. The van der Waals surface area contributed by atoms with Crippen molar-refractivity contribution in [2.24, 2.45) is 0 Å². The molecule has 1 N–H and O–H groups in total. The summed E-state index contributed by atoms with van der Waals surface area (Å²) in [6.45, 7) is 3.44. The maximum Gasteiger partial charge on any atom is 0.304 e. The molecule has 0 bridgehead atoms. The number of amides is 2. The zero-order chi connectivity index (χ0) is 29.3. The molecule has 3 rings (SSSR count). The fourth-order valence-electron chi connectivity index (χ4n) is 4.14. The lowest BCUT2D eigenvalue weighted by Gasteiger charge is -2.35. The van der Waals surface area contributed by atoms with Gasteiger partial charge in [-0.1, -0.05) is 79.2 Å². The van der Waals surface area contributed by atoms with Crippen molar-refractivity contribution in [1.29, 1.82) is 0 Å². The summed E-state index contributed by atoms with van der Waals surface area (Å²) in [5, 5.41) is 3.51. The van der Waals surface area contributed by atoms with E-state index in [1.54, 1.807) is 48.5 Å². The molecule has 214 valence electrons. The van der Waals surface area contributed by atoms with Crippen molar-refractivity contribution in [2.75, 3.05) is 24.9 Å². The normalized spacial score (nSPS) is 12.9. The second-order valence-corrected chi connectivity index (χ2v) is 12.3. The third kappa shape index (κ3) is 8.30. The Bertz CT molecular complexity index is 1370. The van der Waals surface area contributed by atoms with E-state index >= 15 is 0 Å². The lowest BCUT2D eigenvalue weighted by Crippen LogP contribution is -2.55. The van der Waals surface area contributed by atoms with Gasteiger partial charge in [0.05, 0.1) is 5.69 Å². The maximum absolute atomic E-state index is 14.2. The minimum Gasteiger partial charge on any atom is -0.352 e. The Kier molecular flexibility index (Phi) is 11.1. The van der Waals surface area contributed by atoms with Crippen LogP contribution < -0.4 is 9.62 Å². The number of nitrogens with zero attached hydrogens (tertiary/aromatic N) is 3. The van der Waals surface area contributed by atoms with Gasteiger partial charge in [0.25, 0.3) is 0 Å². The standard InChI is InChI=1S/C30H37ClN4O4S/c1-5-23(2)32-30(37)28(20-24-13-8-6-9-14-24)34(21-25-15-12-16-26(31)19-25)29(36)22-35(40(38,39)33(3)4)27-17-10-7-11-18-27/h6-19,23,28H,5,20-22H2,1-4H3,(H,32,37)/t23-,28-/m1/s1. The van der Waals surface area contributed by atoms with E-state index in [9.17, 15) is 18.0 Å². The van der Waals surface area contributed by atoms with Crippen molar-refractivity contribution < 1.29 is 18.0 Å². The Labute approximate surface area is 242 Å². The number of carbonyl (C=O) groups excluding carboxylic acids is 2. The summed E-state index contributed by atoms with van der Waals surface area (Å²) < 4.78 is 28.8. The second kappa shape index (κ2) is 14.3. The van der Waals surface area contributed by atoms with Crippen LogP contribution in [0.15, 0.2) is 84.9 Å². The molecule has 0 radical (unpaired) electrons. The third-order valence-electron chi connectivity index (χ3n) is 6.58. The summed E-state index contributed by atoms with van der Waals surface area (Å²) in [6, 6.07) is 24.0. The first-order valence-electron chi connectivity index (χ1n) is 13.2. The van der Waals surface area contributed by atoms with Crippen LogP contribution in [0.5, 0.6) is 0 Å². The SMILES string of the molecule is CC[C@@H](C)NC(=O)[C@@H](Cc1ccccc1)N(Cc1cccc(Cl)c1)C(=O)CN(c1ccccc1)S(=O)(=O)N(C)C. The largest absolute Gasteiger partial charge is 0.352 e. The van der Waals surface area contributed by atoms with Crippen LogP contribution in [0.4, 0.5) is 5.69 Å². The van der Waals surface area contributed by atoms with Gasteiger partial charge in [-0.15, -0.1) is 0 Å². The van der Waals surface area contributed by atoms with Gasteiger partial charge in [0.1, 0.15) is 12.6 Å². The van der Waals surface area contributed by atoms with Gasteiger partial charge in [0, 0.05) is 38.1 Å². The molecule has 0 saturated carbocycles. The van der Waals surface area contributed by atoms with Crippen LogP contribution >= 0.6 is 11.6 Å². The van der Waals surface area contributed by atoms with Crippen LogP contribution in [0.3, 0.4) is 0 Å². The van der Waals surface area contributed by atoms with Crippen molar-refractivity contribution in [3.8, 4) is 0 Å². The van der Waals surface area contributed by atoms with Crippen LogP contribution in [-0.4, -0.2) is 62.2 Å². The quantitative estimate of drug-likeness (QED) is 0.320. The molecule has 10 heteroatoms. The highest BCUT2D eigenvalue weighted by molar-refractivity contribution is 7.90. The minimum atomic E-state index is -4.03. The number of anilines is 1. The molecule has 3 aromatic rings. The summed E-state index contributed by atoms with van der Waals surface area (Å²) in [6.07, 6.45) is 0.968. The van der Waals surface area contributed by atoms with E-state index in [0.29, 0.717) is 10.7 Å². The van der Waals surface area contributed by atoms with E-state index in [-0.39, 0.29) is 24.9 Å². The highest BCUT2D eigenvalue weighted by Crippen LogP contribution is 2.22. The maximum atomic E-state index is 14.2. The molecule has 0 aliphatic heterocycles. The Balaban J connectivity index is 2.08. The molecule has 0 unspecified atom stereocenters. The van der Waals surface area contributed by atoms with Gasteiger partial charge in [-0.25, -0.2) is 4.31 Å². The number of hydrogen-bond donors (Lipinski definition) is 1. The molecule has 0 fully saturated rings. The molecule has 2 atom stereocenters. The molecular formula is C30H37ClN4O4S. The monoisotopic (exact) mass is 584 g/mol. The number of halogens is 1. The first-order valence-corrected chi connectivity index (χ1v) is 14.9. The van der Waals surface area contributed by atoms with E-state index in [1.165, 1.54) is 19.0 Å². The number of hydrogen-bond acceptors (Lipinski definition) is 4. The summed E-state index contributed by atoms with van der Waals surface area (Å²) >= 11 is 6.25. The van der Waals surface area contributed by atoms with Gasteiger partial charge in [-0.05, 0) is 48.7 Å². The van der Waals surface area contributed by atoms with Gasteiger partial charge in [-0.3, -0.25) is 9.59 Å². The molecule has 40 heavy (non-hydrogen) atoms. The number of carbonyl (C=O) groups is 2. The summed E-state index contributed by atoms with van der Waals surface area (Å²) in [4.78, 5) is 29.3. The number of nitrogens with one attached hydrogen (secondary N) is 1. The van der Waals surface area contributed by atoms with Gasteiger partial charge in [0.15, 0.2) is 0 Å². The molecule has 0 spiro atoms. The zero-order valence-electron chi connectivity index (χ0n) is 23.3. The lowest BCUT2D eigenvalue weighted by atomic mass is 10.0. The van der Waals surface area contributed by atoms with Crippen LogP contribution in [0.25, 0.3) is 0 Å². The van der Waals surface area contributed by atoms with E-state index < -0.39 is 28.7 Å². The van der Waals surface area contributed by atoms with Gasteiger partial charge in [-0.2, -0.15) is 12.7 Å². The Morgan fingerprint density at radius 2 is 1.50 bits per heavy atom. The Morgan fingerprint density at radius 1 is 0.900 bits per heavy atom. The molecule has 2 amide bonds. The van der Waals surface area contributed by atoms with Gasteiger partial charge in [0.2, 0.25) is 11.8 Å². The number of benzene rings is 3. The highest BCUT2D eigenvalue weighted by atomic mass is 35.5. The van der Waals surface area contributed by atoms with E-state index in [0.717, 1.165) is 26.2 Å². The first kappa shape index (κ1) is 31.1. The van der Waals surface area contributed by atoms with Gasteiger partial charge >= 0.3 is 10.2 Å². The molecule has 8 nitrogen and oxygen atoms in total. The van der Waals surface area contributed by atoms with E-state index in [4.69, 9.17) is 11.6 Å². The molecule has 0 saturated heterocycles. The summed E-state index contributed by atoms with van der Waals surface area (Å²) in [5.41, 5.74) is 1.93. The summed E-state index contributed by atoms with van der Waals surface area (Å²) in [7, 11) is -1.20. The molecule has 3 aromatic carbocycles. The number of para-hydroxylation sites is 1. The number of rotatable bonds is 13. The topological polar surface area (TPSA) is 90.0 Å². The van der Waals surface area contributed by atoms with Crippen LogP contribution in [0, 0.1) is 0 Å². The zero-order valence-corrected chi connectivity index (χ0v) is 24.9. The van der Waals surface area contributed by atoms with Gasteiger partial charge < -0.3 is 10.2 Å². The fraction of sp³-hybridized carbons (Fsp3) is 0.333. The molecule has 0 aromatic heterocycles. The Morgan fingerprint density at radius 3 is 2.08 bits per heavy atom. The fourth-order valence-corrected chi connectivity index (χ4v) is 5.41. The first-order chi connectivity index (χ1) is 19.0. The predicted octanol–water partition coefficient (Wildman–Crippen LogP) is 4.51. The van der Waals surface area contributed by atoms with Crippen molar-refractivity contribution in [1.82, 2.24) is 14.5 Å². The summed E-state index contributed by atoms with van der Waals surface area (Å²) in [5.74, 6) is -0.829. The average molecular weight is 585 g/mol. The average Bonchev–Trinajstić information content (AvgIpc) is 2.94. The molecule has 0 heterocycles. The predicted molar refractivity (Wildman–Crippen MR) is 160 cm³/mol. The van der Waals surface area contributed by atoms with Crippen molar-refractivity contribution in [2.45, 2.75) is 45.3 Å². The molecular weight excluding hydrogens is 548 g/mol. The molecule has 0 aliphatic rings.